The van der Waals surface area contributed by atoms with Gasteiger partial charge >= 0.3 is 0 Å². The summed E-state index contributed by atoms with van der Waals surface area (Å²) in [4.78, 5) is 7.22. The molecule has 0 radical (unpaired) electrons. The average molecular weight is 408 g/mol. The molecule has 0 saturated carbocycles. The third-order valence-electron chi connectivity index (χ3n) is 5.74. The minimum absolute atomic E-state index is 0.145. The fourth-order valence-electron chi connectivity index (χ4n) is 4.47. The van der Waals surface area contributed by atoms with Crippen molar-refractivity contribution in [2.45, 2.75) is 39.5 Å². The molecule has 0 saturated heterocycles. The second kappa shape index (κ2) is 8.26. The molecule has 0 aliphatic heterocycles. The number of fused-ring (bicyclic) bond motifs is 2. The molecule has 0 atom stereocenters. The summed E-state index contributed by atoms with van der Waals surface area (Å²) in [5.41, 5.74) is 5.62. The highest BCUT2D eigenvalue weighted by Gasteiger charge is 2.24. The first kappa shape index (κ1) is 20.7. The van der Waals surface area contributed by atoms with Crippen LogP contribution >= 0.6 is 0 Å². The summed E-state index contributed by atoms with van der Waals surface area (Å²) in [6.07, 6.45) is 4.53. The number of hydrogen-bond acceptors (Lipinski definition) is 5. The van der Waals surface area contributed by atoms with Gasteiger partial charge < -0.3 is 15.0 Å². The number of nitrogens with zero attached hydrogens (tertiary/aromatic N) is 4. The molecule has 6 nitrogen and oxygen atoms in total. The van der Waals surface area contributed by atoms with Gasteiger partial charge in [0.1, 0.15) is 11.6 Å². The lowest BCUT2D eigenvalue weighted by atomic mass is 9.92. The minimum Gasteiger partial charge on any atom is -0.497 e. The van der Waals surface area contributed by atoms with E-state index < -0.39 is 0 Å². The summed E-state index contributed by atoms with van der Waals surface area (Å²) < 4.78 is 7.30. The van der Waals surface area contributed by atoms with Crippen molar-refractivity contribution in [1.29, 1.82) is 0 Å². The summed E-state index contributed by atoms with van der Waals surface area (Å²) in [7, 11) is 5.94. The van der Waals surface area contributed by atoms with Crippen LogP contribution in [0.3, 0.4) is 0 Å². The summed E-state index contributed by atoms with van der Waals surface area (Å²) in [5, 5.41) is 8.71. The largest absolute Gasteiger partial charge is 0.497 e. The third-order valence-corrected chi connectivity index (χ3v) is 5.74. The van der Waals surface area contributed by atoms with Crippen molar-refractivity contribution in [3.8, 4) is 17.0 Å². The molecule has 160 valence electrons. The Morgan fingerprint density at radius 1 is 1.13 bits per heavy atom. The van der Waals surface area contributed by atoms with Crippen LogP contribution in [0.25, 0.3) is 16.9 Å². The zero-order valence-electron chi connectivity index (χ0n) is 18.8. The fourth-order valence-corrected chi connectivity index (χ4v) is 4.47. The summed E-state index contributed by atoms with van der Waals surface area (Å²) >= 11 is 0. The summed E-state index contributed by atoms with van der Waals surface area (Å²) in [6.45, 7) is 6.51. The molecular weight excluding hydrogens is 374 g/mol. The highest BCUT2D eigenvalue weighted by molar-refractivity contribution is 5.67. The number of hydrogen-bond donors (Lipinski definition) is 1. The van der Waals surface area contributed by atoms with Crippen molar-refractivity contribution in [1.82, 2.24) is 19.5 Å². The Labute approximate surface area is 179 Å². The predicted molar refractivity (Wildman–Crippen MR) is 122 cm³/mol. The second-order valence-corrected chi connectivity index (χ2v) is 9.38. The molecule has 0 unspecified atom stereocenters. The quantitative estimate of drug-likeness (QED) is 0.633. The molecule has 2 aromatic heterocycles. The monoisotopic (exact) mass is 407 g/mol. The highest BCUT2D eigenvalue weighted by atomic mass is 16.5. The summed E-state index contributed by atoms with van der Waals surface area (Å²) in [6, 6.07) is 10.1. The van der Waals surface area contributed by atoms with Crippen LogP contribution in [-0.2, 0) is 12.8 Å². The van der Waals surface area contributed by atoms with Crippen molar-refractivity contribution < 1.29 is 4.74 Å². The van der Waals surface area contributed by atoms with E-state index in [9.17, 15) is 0 Å². The first-order chi connectivity index (χ1) is 14.4. The smallest absolute Gasteiger partial charge is 0.158 e. The van der Waals surface area contributed by atoms with E-state index in [4.69, 9.17) is 14.8 Å². The SMILES string of the molecule is COc1ccc(-c2cc3nc4c(c(NCC(C)(C)CN(C)C)n3n2)CCCC4)cc1. The lowest BCUT2D eigenvalue weighted by Gasteiger charge is -2.30. The molecule has 30 heavy (non-hydrogen) atoms. The van der Waals surface area contributed by atoms with E-state index in [0.717, 1.165) is 54.4 Å². The van der Waals surface area contributed by atoms with E-state index in [0.29, 0.717) is 0 Å². The average Bonchev–Trinajstić information content (AvgIpc) is 3.14. The van der Waals surface area contributed by atoms with Crippen LogP contribution in [0.5, 0.6) is 5.75 Å². The van der Waals surface area contributed by atoms with Gasteiger partial charge in [0.15, 0.2) is 5.65 Å². The van der Waals surface area contributed by atoms with Crippen molar-refractivity contribution >= 4 is 11.5 Å². The van der Waals surface area contributed by atoms with Gasteiger partial charge in [-0.15, -0.1) is 0 Å². The minimum atomic E-state index is 0.145. The molecule has 1 aromatic carbocycles. The maximum Gasteiger partial charge on any atom is 0.158 e. The fraction of sp³-hybridized carbons (Fsp3) is 0.500. The van der Waals surface area contributed by atoms with E-state index in [1.54, 1.807) is 7.11 Å². The van der Waals surface area contributed by atoms with E-state index in [1.165, 1.54) is 24.1 Å². The van der Waals surface area contributed by atoms with Crippen LogP contribution in [0.1, 0.15) is 37.9 Å². The topological polar surface area (TPSA) is 54.7 Å². The Balaban J connectivity index is 1.73. The van der Waals surface area contributed by atoms with Crippen LogP contribution in [0.15, 0.2) is 30.3 Å². The normalized spacial score (nSPS) is 14.2. The van der Waals surface area contributed by atoms with Crippen LogP contribution in [0.4, 0.5) is 5.82 Å². The first-order valence-electron chi connectivity index (χ1n) is 10.8. The molecule has 1 aliphatic rings. The maximum atomic E-state index is 5.29. The summed E-state index contributed by atoms with van der Waals surface area (Å²) in [5.74, 6) is 1.96. The molecule has 0 amide bonds. The molecule has 1 aliphatic carbocycles. The van der Waals surface area contributed by atoms with Crippen molar-refractivity contribution in [3.63, 3.8) is 0 Å². The van der Waals surface area contributed by atoms with E-state index in [-0.39, 0.29) is 5.41 Å². The van der Waals surface area contributed by atoms with Gasteiger partial charge in [-0.3, -0.25) is 0 Å². The standard InChI is InChI=1S/C24H33N5O/c1-24(2,16-28(3)4)15-25-23-19-8-6-7-9-20(19)26-22-14-21(27-29(22)23)17-10-12-18(30-5)13-11-17/h10-14,25H,6-9,15-16H2,1-5H3. The highest BCUT2D eigenvalue weighted by Crippen LogP contribution is 2.31. The Hall–Kier alpha value is -2.60. The lowest BCUT2D eigenvalue weighted by molar-refractivity contribution is 0.254. The van der Waals surface area contributed by atoms with Gasteiger partial charge in [0.05, 0.1) is 12.8 Å². The zero-order chi connectivity index (χ0) is 21.3. The number of benzene rings is 1. The lowest BCUT2D eigenvalue weighted by Crippen LogP contribution is -2.35. The third kappa shape index (κ3) is 4.29. The van der Waals surface area contributed by atoms with E-state index in [2.05, 4.69) is 44.2 Å². The van der Waals surface area contributed by atoms with Gasteiger partial charge in [0, 0.05) is 36.0 Å². The molecule has 3 aromatic rings. The van der Waals surface area contributed by atoms with Crippen LogP contribution in [0, 0.1) is 5.41 Å². The number of nitrogens with one attached hydrogen (secondary N) is 1. The number of rotatable bonds is 7. The number of aromatic nitrogens is 3. The molecule has 4 rings (SSSR count). The van der Waals surface area contributed by atoms with Gasteiger partial charge in [-0.05, 0) is 69.5 Å². The van der Waals surface area contributed by atoms with Crippen molar-refractivity contribution in [3.05, 3.63) is 41.6 Å². The number of anilines is 1. The Bertz CT molecular complexity index is 1020. The van der Waals surface area contributed by atoms with Crippen molar-refractivity contribution in [2.75, 3.05) is 39.6 Å². The molecule has 1 N–H and O–H groups in total. The Morgan fingerprint density at radius 3 is 2.57 bits per heavy atom. The molecule has 0 fully saturated rings. The molecular formula is C24H33N5O. The van der Waals surface area contributed by atoms with Crippen LogP contribution in [-0.4, -0.2) is 53.8 Å². The van der Waals surface area contributed by atoms with Gasteiger partial charge in [-0.25, -0.2) is 4.98 Å². The van der Waals surface area contributed by atoms with Crippen molar-refractivity contribution in [2.24, 2.45) is 5.41 Å². The number of methoxy groups -OCH3 is 1. The molecule has 0 bridgehead atoms. The first-order valence-corrected chi connectivity index (χ1v) is 10.8. The van der Waals surface area contributed by atoms with Gasteiger partial charge in [-0.1, -0.05) is 13.8 Å². The Kier molecular flexibility index (Phi) is 5.69. The van der Waals surface area contributed by atoms with E-state index in [1.807, 2.05) is 28.8 Å². The molecule has 0 spiro atoms. The van der Waals surface area contributed by atoms with Gasteiger partial charge in [-0.2, -0.15) is 9.61 Å². The van der Waals surface area contributed by atoms with Gasteiger partial charge in [0.25, 0.3) is 0 Å². The van der Waals surface area contributed by atoms with E-state index >= 15 is 0 Å². The zero-order valence-corrected chi connectivity index (χ0v) is 18.8. The second-order valence-electron chi connectivity index (χ2n) is 9.38. The van der Waals surface area contributed by atoms with Crippen LogP contribution < -0.4 is 10.1 Å². The molecule has 2 heterocycles. The predicted octanol–water partition coefficient (Wildman–Crippen LogP) is 4.28. The van der Waals surface area contributed by atoms with Crippen LogP contribution in [0.2, 0.25) is 0 Å². The molecule has 6 heteroatoms. The Morgan fingerprint density at radius 2 is 1.87 bits per heavy atom. The number of aryl methyl sites for hydroxylation is 1. The van der Waals surface area contributed by atoms with Gasteiger partial charge in [0.2, 0.25) is 0 Å². The number of ether oxygens (including phenoxy) is 1. The maximum absolute atomic E-state index is 5.29.